The molecule has 1 aromatic carbocycles. The van der Waals surface area contributed by atoms with Gasteiger partial charge in [0.1, 0.15) is 5.82 Å². The largest absolute Gasteiger partial charge is 0.341 e. The Kier molecular flexibility index (Phi) is 5.76. The summed E-state index contributed by atoms with van der Waals surface area (Å²) in [5.74, 6) is -0.00260. The van der Waals surface area contributed by atoms with Crippen LogP contribution in [0.15, 0.2) is 24.3 Å². The van der Waals surface area contributed by atoms with Gasteiger partial charge in [0, 0.05) is 39.3 Å². The van der Waals surface area contributed by atoms with Gasteiger partial charge in [0.2, 0.25) is 5.91 Å². The van der Waals surface area contributed by atoms with Crippen molar-refractivity contribution in [2.24, 2.45) is 5.41 Å². The van der Waals surface area contributed by atoms with Gasteiger partial charge in [-0.1, -0.05) is 12.1 Å². The van der Waals surface area contributed by atoms with E-state index in [0.717, 1.165) is 57.3 Å². The second-order valence-electron chi connectivity index (χ2n) is 8.94. The van der Waals surface area contributed by atoms with Crippen LogP contribution >= 0.6 is 0 Å². The zero-order valence-electron chi connectivity index (χ0n) is 17.2. The Morgan fingerprint density at radius 2 is 1.86 bits per heavy atom. The molecule has 1 unspecified atom stereocenters. The van der Waals surface area contributed by atoms with Crippen LogP contribution in [0.25, 0.3) is 0 Å². The second kappa shape index (κ2) is 8.30. The molecule has 29 heavy (non-hydrogen) atoms. The number of urea groups is 1. The summed E-state index contributed by atoms with van der Waals surface area (Å²) in [5.41, 5.74) is 0.890. The molecular formula is C22H31FN4O2. The first-order valence-corrected chi connectivity index (χ1v) is 10.7. The van der Waals surface area contributed by atoms with Gasteiger partial charge in [0.15, 0.2) is 0 Å². The highest BCUT2D eigenvalue weighted by Crippen LogP contribution is 2.43. The third-order valence-electron chi connectivity index (χ3n) is 6.89. The Bertz CT molecular complexity index is 757. The molecule has 0 aliphatic carbocycles. The van der Waals surface area contributed by atoms with E-state index in [2.05, 4.69) is 17.3 Å². The lowest BCUT2D eigenvalue weighted by molar-refractivity contribution is -0.134. The van der Waals surface area contributed by atoms with Crippen LogP contribution in [0.4, 0.5) is 9.18 Å². The number of nitrogens with zero attached hydrogens (tertiary/aromatic N) is 3. The molecule has 4 rings (SSSR count). The zero-order chi connectivity index (χ0) is 20.4. The van der Waals surface area contributed by atoms with Gasteiger partial charge in [-0.15, -0.1) is 0 Å². The fraction of sp³-hybridized carbons (Fsp3) is 0.636. The van der Waals surface area contributed by atoms with E-state index in [1.54, 1.807) is 12.1 Å². The molecule has 3 amide bonds. The number of hydrogen-bond acceptors (Lipinski definition) is 3. The summed E-state index contributed by atoms with van der Waals surface area (Å²) in [4.78, 5) is 31.5. The molecule has 3 saturated heterocycles. The number of hydrogen-bond donors (Lipinski definition) is 1. The van der Waals surface area contributed by atoms with E-state index in [4.69, 9.17) is 0 Å². The van der Waals surface area contributed by atoms with Gasteiger partial charge in [-0.3, -0.25) is 9.69 Å². The third-order valence-corrected chi connectivity index (χ3v) is 6.89. The second-order valence-corrected chi connectivity index (χ2v) is 8.94. The maximum absolute atomic E-state index is 13.3. The lowest BCUT2D eigenvalue weighted by Crippen LogP contribution is -2.47. The van der Waals surface area contributed by atoms with Gasteiger partial charge < -0.3 is 15.1 Å². The van der Waals surface area contributed by atoms with Crippen molar-refractivity contribution in [1.29, 1.82) is 0 Å². The molecule has 0 radical (unpaired) electrons. The number of likely N-dealkylation sites (N-methyl/N-ethyl adjacent to an activating group) is 1. The number of rotatable bonds is 3. The number of carbonyl (C=O) groups is 2. The Hall–Kier alpha value is -2.15. The summed E-state index contributed by atoms with van der Waals surface area (Å²) in [6, 6.07) is 6.19. The zero-order valence-corrected chi connectivity index (χ0v) is 17.2. The van der Waals surface area contributed by atoms with E-state index in [0.29, 0.717) is 19.6 Å². The molecule has 158 valence electrons. The van der Waals surface area contributed by atoms with Crippen molar-refractivity contribution in [3.05, 3.63) is 35.6 Å². The van der Waals surface area contributed by atoms with Gasteiger partial charge in [-0.2, -0.15) is 0 Å². The average molecular weight is 403 g/mol. The summed E-state index contributed by atoms with van der Waals surface area (Å²) >= 11 is 0. The average Bonchev–Trinajstić information content (AvgIpc) is 3.35. The van der Waals surface area contributed by atoms with Crippen LogP contribution in [-0.4, -0.2) is 72.5 Å². The first-order chi connectivity index (χ1) is 14.0. The Morgan fingerprint density at radius 1 is 1.14 bits per heavy atom. The standard InChI is InChI=1S/C22H31FN4O2/c1-25-16-22(14-19(25)20(28)26-9-2-3-10-26)7-11-27(12-8-22)21(29)24-15-17-5-4-6-18(23)13-17/h4-6,13,19H,2-3,7-12,14-16H2,1H3,(H,24,29). The minimum Gasteiger partial charge on any atom is -0.341 e. The number of halogens is 1. The van der Waals surface area contributed by atoms with Gasteiger partial charge in [-0.05, 0) is 62.3 Å². The van der Waals surface area contributed by atoms with Crippen LogP contribution in [0.2, 0.25) is 0 Å². The topological polar surface area (TPSA) is 55.9 Å². The molecule has 1 aromatic rings. The fourth-order valence-electron chi connectivity index (χ4n) is 5.18. The number of amides is 3. The van der Waals surface area contributed by atoms with Gasteiger partial charge in [-0.25, -0.2) is 9.18 Å². The smallest absolute Gasteiger partial charge is 0.317 e. The van der Waals surface area contributed by atoms with Crippen molar-refractivity contribution >= 4 is 11.9 Å². The molecule has 3 fully saturated rings. The van der Waals surface area contributed by atoms with Crippen LogP contribution in [0.3, 0.4) is 0 Å². The molecule has 1 spiro atoms. The van der Waals surface area contributed by atoms with Gasteiger partial charge in [0.25, 0.3) is 0 Å². The maximum atomic E-state index is 13.3. The van der Waals surface area contributed by atoms with Crippen molar-refractivity contribution in [3.8, 4) is 0 Å². The lowest BCUT2D eigenvalue weighted by Gasteiger charge is -2.39. The minimum absolute atomic E-state index is 0.0125. The molecular weight excluding hydrogens is 371 g/mol. The fourth-order valence-corrected chi connectivity index (χ4v) is 5.18. The van der Waals surface area contributed by atoms with Gasteiger partial charge >= 0.3 is 6.03 Å². The quantitative estimate of drug-likeness (QED) is 0.845. The molecule has 7 heteroatoms. The number of carbonyl (C=O) groups excluding carboxylic acids is 2. The SMILES string of the molecule is CN1CC2(CCN(C(=O)NCc3cccc(F)c3)CC2)CC1C(=O)N1CCCC1. The normalized spacial score (nSPS) is 24.3. The van der Waals surface area contributed by atoms with E-state index in [9.17, 15) is 14.0 Å². The highest BCUT2D eigenvalue weighted by molar-refractivity contribution is 5.82. The summed E-state index contributed by atoms with van der Waals surface area (Å²) in [7, 11) is 2.06. The molecule has 1 atom stereocenters. The summed E-state index contributed by atoms with van der Waals surface area (Å²) < 4.78 is 13.3. The minimum atomic E-state index is -0.292. The number of piperidine rings is 1. The van der Waals surface area contributed by atoms with E-state index in [-0.39, 0.29) is 29.2 Å². The molecule has 0 saturated carbocycles. The molecule has 0 aromatic heterocycles. The number of likely N-dealkylation sites (tertiary alicyclic amines) is 3. The van der Waals surface area contributed by atoms with Crippen LogP contribution in [-0.2, 0) is 11.3 Å². The van der Waals surface area contributed by atoms with Crippen molar-refractivity contribution in [2.75, 3.05) is 39.8 Å². The predicted octanol–water partition coefficient (Wildman–Crippen LogP) is 2.44. The van der Waals surface area contributed by atoms with Crippen molar-refractivity contribution in [2.45, 2.75) is 44.7 Å². The molecule has 3 heterocycles. The monoisotopic (exact) mass is 402 g/mol. The molecule has 3 aliphatic rings. The highest BCUT2D eigenvalue weighted by Gasteiger charge is 2.48. The summed E-state index contributed by atoms with van der Waals surface area (Å²) in [5, 5.41) is 2.90. The Morgan fingerprint density at radius 3 is 2.55 bits per heavy atom. The van der Waals surface area contributed by atoms with Crippen LogP contribution in [0, 0.1) is 11.2 Å². The van der Waals surface area contributed by atoms with Crippen LogP contribution in [0.1, 0.15) is 37.7 Å². The lowest BCUT2D eigenvalue weighted by atomic mass is 9.76. The first-order valence-electron chi connectivity index (χ1n) is 10.7. The van der Waals surface area contributed by atoms with Crippen molar-refractivity contribution in [3.63, 3.8) is 0 Å². The van der Waals surface area contributed by atoms with E-state index >= 15 is 0 Å². The molecule has 3 aliphatic heterocycles. The molecule has 1 N–H and O–H groups in total. The molecule has 6 nitrogen and oxygen atoms in total. The number of nitrogens with one attached hydrogen (secondary N) is 1. The van der Waals surface area contributed by atoms with Crippen LogP contribution < -0.4 is 5.32 Å². The third kappa shape index (κ3) is 4.39. The van der Waals surface area contributed by atoms with Crippen LogP contribution in [0.5, 0.6) is 0 Å². The summed E-state index contributed by atoms with van der Waals surface area (Å²) in [6.45, 7) is 4.45. The van der Waals surface area contributed by atoms with E-state index in [1.807, 2.05) is 9.80 Å². The van der Waals surface area contributed by atoms with Crippen molar-refractivity contribution in [1.82, 2.24) is 20.0 Å². The van der Waals surface area contributed by atoms with E-state index < -0.39 is 0 Å². The van der Waals surface area contributed by atoms with Crippen molar-refractivity contribution < 1.29 is 14.0 Å². The van der Waals surface area contributed by atoms with E-state index in [1.165, 1.54) is 12.1 Å². The molecule has 0 bridgehead atoms. The number of benzene rings is 1. The highest BCUT2D eigenvalue weighted by atomic mass is 19.1. The Balaban J connectivity index is 1.28. The predicted molar refractivity (Wildman–Crippen MR) is 109 cm³/mol. The summed E-state index contributed by atoms with van der Waals surface area (Å²) in [6.07, 6.45) is 4.99. The maximum Gasteiger partial charge on any atom is 0.317 e. The Labute approximate surface area is 172 Å². The first kappa shape index (κ1) is 20.1. The van der Waals surface area contributed by atoms with Gasteiger partial charge in [0.05, 0.1) is 6.04 Å².